The fourth-order valence-electron chi connectivity index (χ4n) is 2.78. The number of rotatable bonds is 4. The van der Waals surface area contributed by atoms with Gasteiger partial charge in [-0.3, -0.25) is 4.68 Å². The van der Waals surface area contributed by atoms with Crippen molar-refractivity contribution in [3.63, 3.8) is 0 Å². The third-order valence-corrected chi connectivity index (χ3v) is 7.60. The van der Waals surface area contributed by atoms with Crippen molar-refractivity contribution in [2.75, 3.05) is 13.1 Å². The van der Waals surface area contributed by atoms with Gasteiger partial charge in [0, 0.05) is 24.5 Å². The van der Waals surface area contributed by atoms with E-state index in [1.807, 2.05) is 13.8 Å². The maximum atomic E-state index is 12.8. The average Bonchev–Trinajstić information content (AvgIpc) is 3.10. The van der Waals surface area contributed by atoms with Crippen molar-refractivity contribution in [1.29, 1.82) is 0 Å². The van der Waals surface area contributed by atoms with Crippen LogP contribution < -0.4 is 0 Å². The van der Waals surface area contributed by atoms with Gasteiger partial charge in [0.1, 0.15) is 16.9 Å². The van der Waals surface area contributed by atoms with Crippen LogP contribution in [0.3, 0.4) is 0 Å². The monoisotopic (exact) mass is 340 g/mol. The fraction of sp³-hybridized carbons (Fsp3) is 0.571. The molecule has 2 aromatic heterocycles. The average molecular weight is 340 g/mol. The van der Waals surface area contributed by atoms with Crippen molar-refractivity contribution >= 4 is 21.4 Å². The lowest BCUT2D eigenvalue weighted by Gasteiger charge is -2.31. The lowest BCUT2D eigenvalue weighted by molar-refractivity contribution is 0.240. The molecule has 8 heteroatoms. The molecule has 0 saturated carbocycles. The Labute approximate surface area is 134 Å². The van der Waals surface area contributed by atoms with E-state index in [-0.39, 0.29) is 5.92 Å². The van der Waals surface area contributed by atoms with Gasteiger partial charge in [-0.1, -0.05) is 0 Å². The Hall–Kier alpha value is -1.25. The maximum absolute atomic E-state index is 12.8. The summed E-state index contributed by atoms with van der Waals surface area (Å²) in [6, 6.07) is 1.79. The molecule has 120 valence electrons. The van der Waals surface area contributed by atoms with E-state index in [0.29, 0.717) is 23.8 Å². The Kier molecular flexibility index (Phi) is 4.33. The first-order valence-corrected chi connectivity index (χ1v) is 9.62. The highest BCUT2D eigenvalue weighted by Gasteiger charge is 2.31. The third kappa shape index (κ3) is 3.09. The van der Waals surface area contributed by atoms with E-state index in [1.165, 1.54) is 17.7 Å². The molecule has 0 aromatic carbocycles. The SMILES string of the molecule is Cc1cc(S(=O)(=O)N2CCCC(Cn3cncn3)C2)sc1C. The Morgan fingerprint density at radius 3 is 2.86 bits per heavy atom. The van der Waals surface area contributed by atoms with E-state index in [0.717, 1.165) is 23.3 Å². The van der Waals surface area contributed by atoms with Gasteiger partial charge in [-0.05, 0) is 44.2 Å². The van der Waals surface area contributed by atoms with Crippen molar-refractivity contribution in [2.45, 2.75) is 37.4 Å². The number of hydrogen-bond donors (Lipinski definition) is 0. The lowest BCUT2D eigenvalue weighted by Crippen LogP contribution is -2.40. The molecule has 22 heavy (non-hydrogen) atoms. The minimum Gasteiger partial charge on any atom is -0.253 e. The number of sulfonamides is 1. The first-order valence-electron chi connectivity index (χ1n) is 7.36. The molecule has 1 unspecified atom stereocenters. The van der Waals surface area contributed by atoms with Crippen LogP contribution in [0.5, 0.6) is 0 Å². The van der Waals surface area contributed by atoms with Crippen LogP contribution in [0, 0.1) is 19.8 Å². The molecule has 2 aromatic rings. The summed E-state index contributed by atoms with van der Waals surface area (Å²) in [6.07, 6.45) is 5.10. The first kappa shape index (κ1) is 15.6. The zero-order valence-electron chi connectivity index (χ0n) is 12.8. The highest BCUT2D eigenvalue weighted by molar-refractivity contribution is 7.91. The summed E-state index contributed by atoms with van der Waals surface area (Å²) in [4.78, 5) is 5.00. The minimum atomic E-state index is -3.37. The van der Waals surface area contributed by atoms with Crippen LogP contribution in [0.2, 0.25) is 0 Å². The van der Waals surface area contributed by atoms with Crippen molar-refractivity contribution in [3.05, 3.63) is 29.2 Å². The molecule has 1 aliphatic heterocycles. The molecule has 1 aliphatic rings. The third-order valence-electron chi connectivity index (χ3n) is 4.13. The topological polar surface area (TPSA) is 68.1 Å². The summed E-state index contributed by atoms with van der Waals surface area (Å²) in [5, 5.41) is 4.11. The number of nitrogens with zero attached hydrogens (tertiary/aromatic N) is 4. The normalized spacial score (nSPS) is 20.4. The van der Waals surface area contributed by atoms with Gasteiger partial charge in [0.05, 0.1) is 0 Å². The van der Waals surface area contributed by atoms with Gasteiger partial charge in [-0.25, -0.2) is 13.4 Å². The van der Waals surface area contributed by atoms with Gasteiger partial charge in [0.15, 0.2) is 0 Å². The first-order chi connectivity index (χ1) is 10.5. The molecule has 3 rings (SSSR count). The van der Waals surface area contributed by atoms with Crippen molar-refractivity contribution in [3.8, 4) is 0 Å². The molecule has 0 aliphatic carbocycles. The van der Waals surface area contributed by atoms with Crippen LogP contribution in [0.15, 0.2) is 22.9 Å². The van der Waals surface area contributed by atoms with Gasteiger partial charge in [0.2, 0.25) is 0 Å². The Bertz CT molecular complexity index is 717. The highest BCUT2D eigenvalue weighted by Crippen LogP contribution is 2.30. The summed E-state index contributed by atoms with van der Waals surface area (Å²) >= 11 is 1.36. The van der Waals surface area contributed by atoms with Crippen LogP contribution in [0.1, 0.15) is 23.3 Å². The number of piperidine rings is 1. The Morgan fingerprint density at radius 1 is 1.41 bits per heavy atom. The maximum Gasteiger partial charge on any atom is 0.252 e. The van der Waals surface area contributed by atoms with Gasteiger partial charge in [-0.15, -0.1) is 11.3 Å². The predicted octanol–water partition coefficient (Wildman–Crippen LogP) is 2.06. The molecule has 0 radical (unpaired) electrons. The number of thiophene rings is 1. The summed E-state index contributed by atoms with van der Waals surface area (Å²) in [5.41, 5.74) is 1.04. The molecule has 6 nitrogen and oxygen atoms in total. The van der Waals surface area contributed by atoms with Gasteiger partial charge < -0.3 is 0 Å². The minimum absolute atomic E-state index is 0.285. The second-order valence-electron chi connectivity index (χ2n) is 5.79. The predicted molar refractivity (Wildman–Crippen MR) is 85.3 cm³/mol. The number of aromatic nitrogens is 3. The number of aryl methyl sites for hydroxylation is 2. The molecule has 0 N–H and O–H groups in total. The van der Waals surface area contributed by atoms with E-state index in [9.17, 15) is 8.42 Å². The van der Waals surface area contributed by atoms with Crippen molar-refractivity contribution in [2.24, 2.45) is 5.92 Å². The molecular weight excluding hydrogens is 320 g/mol. The quantitative estimate of drug-likeness (QED) is 0.854. The molecule has 0 amide bonds. The largest absolute Gasteiger partial charge is 0.253 e. The van der Waals surface area contributed by atoms with Crippen molar-refractivity contribution < 1.29 is 8.42 Å². The van der Waals surface area contributed by atoms with Crippen molar-refractivity contribution in [1.82, 2.24) is 19.1 Å². The van der Waals surface area contributed by atoms with E-state index in [1.54, 1.807) is 21.4 Å². The van der Waals surface area contributed by atoms with Crippen LogP contribution in [-0.4, -0.2) is 40.6 Å². The van der Waals surface area contributed by atoms with E-state index in [2.05, 4.69) is 10.1 Å². The van der Waals surface area contributed by atoms with Gasteiger partial charge in [-0.2, -0.15) is 9.40 Å². The molecule has 0 bridgehead atoms. The van der Waals surface area contributed by atoms with Gasteiger partial charge in [0.25, 0.3) is 10.0 Å². The molecule has 1 saturated heterocycles. The molecule has 0 spiro atoms. The Morgan fingerprint density at radius 2 is 2.23 bits per heavy atom. The van der Waals surface area contributed by atoms with E-state index in [4.69, 9.17) is 0 Å². The summed E-state index contributed by atoms with van der Waals surface area (Å²) in [6.45, 7) is 5.79. The van der Waals surface area contributed by atoms with Crippen LogP contribution in [-0.2, 0) is 16.6 Å². The lowest BCUT2D eigenvalue weighted by atomic mass is 10.00. The molecule has 3 heterocycles. The number of hydrogen-bond acceptors (Lipinski definition) is 5. The molecule has 1 fully saturated rings. The molecular formula is C14H20N4O2S2. The highest BCUT2D eigenvalue weighted by atomic mass is 32.2. The van der Waals surface area contributed by atoms with E-state index >= 15 is 0 Å². The van der Waals surface area contributed by atoms with Crippen LogP contribution in [0.4, 0.5) is 0 Å². The second-order valence-corrected chi connectivity index (χ2v) is 9.21. The van der Waals surface area contributed by atoms with Gasteiger partial charge >= 0.3 is 0 Å². The summed E-state index contributed by atoms with van der Waals surface area (Å²) in [5.74, 6) is 0.285. The zero-order valence-corrected chi connectivity index (χ0v) is 14.4. The van der Waals surface area contributed by atoms with Crippen LogP contribution >= 0.6 is 11.3 Å². The smallest absolute Gasteiger partial charge is 0.252 e. The zero-order chi connectivity index (χ0) is 15.7. The molecule has 1 atom stereocenters. The van der Waals surface area contributed by atoms with E-state index < -0.39 is 10.0 Å². The summed E-state index contributed by atoms with van der Waals surface area (Å²) in [7, 11) is -3.37. The Balaban J connectivity index is 1.76. The summed E-state index contributed by atoms with van der Waals surface area (Å²) < 4.78 is 29.5. The fourth-order valence-corrected chi connectivity index (χ4v) is 6.01. The second kappa shape index (κ2) is 6.10. The van der Waals surface area contributed by atoms with Crippen LogP contribution in [0.25, 0.3) is 0 Å². The standard InChI is InChI=1S/C14H20N4O2S2/c1-11-6-14(21-12(11)2)22(19,20)18-5-3-4-13(8-18)7-17-10-15-9-16-17/h6,9-10,13H,3-5,7-8H2,1-2H3.